The van der Waals surface area contributed by atoms with Crippen molar-refractivity contribution in [2.24, 2.45) is 0 Å². The number of benzene rings is 1. The van der Waals surface area contributed by atoms with E-state index >= 15 is 0 Å². The highest BCUT2D eigenvalue weighted by molar-refractivity contribution is 7.99. The van der Waals surface area contributed by atoms with Gasteiger partial charge < -0.3 is 10.1 Å². The summed E-state index contributed by atoms with van der Waals surface area (Å²) >= 11 is 1.65. The zero-order valence-corrected chi connectivity index (χ0v) is 18.5. The second kappa shape index (κ2) is 9.96. The Kier molecular flexibility index (Phi) is 7.36. The molecular formula is C22H30N4O2S. The number of thioether (sulfide) groups is 1. The minimum Gasteiger partial charge on any atom is -0.494 e. The molecule has 0 saturated carbocycles. The third-order valence-corrected chi connectivity index (χ3v) is 5.83. The second-order valence-electron chi connectivity index (χ2n) is 7.26. The van der Waals surface area contributed by atoms with Crippen molar-refractivity contribution in [1.82, 2.24) is 14.8 Å². The maximum Gasteiger partial charge on any atom is 0.227 e. The smallest absolute Gasteiger partial charge is 0.227 e. The molecule has 0 saturated heterocycles. The van der Waals surface area contributed by atoms with Gasteiger partial charge in [0, 0.05) is 17.0 Å². The van der Waals surface area contributed by atoms with Crippen LogP contribution in [-0.2, 0) is 4.79 Å². The lowest BCUT2D eigenvalue weighted by Crippen LogP contribution is -2.27. The summed E-state index contributed by atoms with van der Waals surface area (Å²) in [6.07, 6.45) is 4.41. The molecule has 1 unspecified atom stereocenters. The van der Waals surface area contributed by atoms with Crippen LogP contribution < -0.4 is 10.1 Å². The van der Waals surface area contributed by atoms with Gasteiger partial charge in [-0.3, -0.25) is 4.79 Å². The van der Waals surface area contributed by atoms with Gasteiger partial charge in [0.05, 0.1) is 6.61 Å². The van der Waals surface area contributed by atoms with Crippen molar-refractivity contribution in [2.75, 3.05) is 17.7 Å². The Hall–Kier alpha value is -2.28. The van der Waals surface area contributed by atoms with Crippen LogP contribution in [0.2, 0.25) is 0 Å². The highest BCUT2D eigenvalue weighted by atomic mass is 32.2. The lowest BCUT2D eigenvalue weighted by molar-refractivity contribution is -0.114. The van der Waals surface area contributed by atoms with Gasteiger partial charge in [0.25, 0.3) is 0 Å². The van der Waals surface area contributed by atoms with Gasteiger partial charge in [0.1, 0.15) is 11.8 Å². The lowest BCUT2D eigenvalue weighted by atomic mass is 9.93. The molecule has 1 aromatic heterocycles. The zero-order chi connectivity index (χ0) is 20.8. The molecule has 0 fully saturated rings. The van der Waals surface area contributed by atoms with E-state index in [0.29, 0.717) is 18.1 Å². The average molecular weight is 415 g/mol. The number of hydrogen-bond acceptors (Lipinski definition) is 6. The number of fused-ring (bicyclic) bond motifs is 1. The number of anilines is 1. The molecule has 29 heavy (non-hydrogen) atoms. The Morgan fingerprint density at radius 2 is 1.93 bits per heavy atom. The molecule has 156 valence electrons. The number of hydrogen-bond donors (Lipinski definition) is 1. The van der Waals surface area contributed by atoms with Gasteiger partial charge in [-0.2, -0.15) is 4.98 Å². The third kappa shape index (κ3) is 5.01. The van der Waals surface area contributed by atoms with Crippen LogP contribution in [0.5, 0.6) is 5.75 Å². The van der Waals surface area contributed by atoms with Crippen LogP contribution in [0.4, 0.5) is 5.95 Å². The van der Waals surface area contributed by atoms with Crippen molar-refractivity contribution in [3.05, 3.63) is 41.1 Å². The third-order valence-electron chi connectivity index (χ3n) is 4.90. The molecule has 6 nitrogen and oxygen atoms in total. The van der Waals surface area contributed by atoms with E-state index in [2.05, 4.69) is 24.1 Å². The van der Waals surface area contributed by atoms with Crippen LogP contribution in [0.15, 0.2) is 40.7 Å². The highest BCUT2D eigenvalue weighted by Gasteiger charge is 2.32. The maximum absolute atomic E-state index is 12.5. The minimum absolute atomic E-state index is 0.0320. The molecule has 0 spiro atoms. The largest absolute Gasteiger partial charge is 0.494 e. The van der Waals surface area contributed by atoms with E-state index in [9.17, 15) is 4.79 Å². The van der Waals surface area contributed by atoms with Crippen LogP contribution in [0.25, 0.3) is 0 Å². The number of ketones is 1. The fourth-order valence-corrected chi connectivity index (χ4v) is 4.26. The fourth-order valence-electron chi connectivity index (χ4n) is 3.35. The first-order valence-corrected chi connectivity index (χ1v) is 11.3. The van der Waals surface area contributed by atoms with Gasteiger partial charge in [0.2, 0.25) is 11.1 Å². The Morgan fingerprint density at radius 3 is 2.59 bits per heavy atom. The van der Waals surface area contributed by atoms with E-state index in [1.807, 2.05) is 35.9 Å². The normalized spacial score (nSPS) is 15.8. The Morgan fingerprint density at radius 1 is 1.21 bits per heavy atom. The summed E-state index contributed by atoms with van der Waals surface area (Å²) in [5.41, 5.74) is 2.54. The SMILES string of the molecule is CCCCOc1ccc(C2C(C(C)=O)=C(C)Nc3nc(SCCCC)nn32)cc1. The molecule has 1 aliphatic heterocycles. The topological polar surface area (TPSA) is 69.0 Å². The predicted molar refractivity (Wildman–Crippen MR) is 118 cm³/mol. The van der Waals surface area contributed by atoms with Crippen LogP contribution in [0, 0.1) is 0 Å². The number of nitrogens with one attached hydrogen (secondary N) is 1. The molecular weight excluding hydrogens is 384 g/mol. The lowest BCUT2D eigenvalue weighted by Gasteiger charge is -2.28. The van der Waals surface area contributed by atoms with E-state index in [-0.39, 0.29) is 11.8 Å². The van der Waals surface area contributed by atoms with Gasteiger partial charge in [0.15, 0.2) is 5.78 Å². The molecule has 1 aliphatic rings. The first-order chi connectivity index (χ1) is 14.0. The van der Waals surface area contributed by atoms with Crippen molar-refractivity contribution in [3.8, 4) is 5.75 Å². The quantitative estimate of drug-likeness (QED) is 0.424. The molecule has 2 aromatic rings. The molecule has 2 heterocycles. The minimum atomic E-state index is -0.290. The Balaban J connectivity index is 1.91. The molecule has 0 bridgehead atoms. The Labute approximate surface area is 177 Å². The van der Waals surface area contributed by atoms with E-state index in [0.717, 1.165) is 53.6 Å². The first-order valence-electron chi connectivity index (χ1n) is 10.4. The van der Waals surface area contributed by atoms with Gasteiger partial charge in [-0.1, -0.05) is 50.6 Å². The number of Topliss-reactive ketones (excluding diaryl/α,β-unsaturated/α-hetero) is 1. The summed E-state index contributed by atoms with van der Waals surface area (Å²) in [6.45, 7) is 8.56. The van der Waals surface area contributed by atoms with Crippen molar-refractivity contribution in [1.29, 1.82) is 0 Å². The van der Waals surface area contributed by atoms with Crippen LogP contribution in [0.3, 0.4) is 0 Å². The number of aromatic nitrogens is 3. The van der Waals surface area contributed by atoms with Gasteiger partial charge >= 0.3 is 0 Å². The number of carbonyl (C=O) groups is 1. The monoisotopic (exact) mass is 414 g/mol. The van der Waals surface area contributed by atoms with E-state index < -0.39 is 0 Å². The summed E-state index contributed by atoms with van der Waals surface area (Å²) in [4.78, 5) is 17.1. The fraction of sp³-hybridized carbons (Fsp3) is 0.500. The summed E-state index contributed by atoms with van der Waals surface area (Å²) in [6, 6.07) is 7.67. The maximum atomic E-state index is 12.5. The van der Waals surface area contributed by atoms with Crippen LogP contribution >= 0.6 is 11.8 Å². The number of rotatable bonds is 10. The summed E-state index contributed by atoms with van der Waals surface area (Å²) < 4.78 is 7.62. The number of ether oxygens (including phenoxy) is 1. The van der Waals surface area contributed by atoms with E-state index in [4.69, 9.17) is 9.84 Å². The van der Waals surface area contributed by atoms with Crippen molar-refractivity contribution in [3.63, 3.8) is 0 Å². The van der Waals surface area contributed by atoms with Gasteiger partial charge in [-0.25, -0.2) is 4.68 Å². The molecule has 0 amide bonds. The molecule has 1 N–H and O–H groups in total. The van der Waals surface area contributed by atoms with Gasteiger partial charge in [-0.15, -0.1) is 5.10 Å². The van der Waals surface area contributed by atoms with Crippen molar-refractivity contribution in [2.45, 2.75) is 64.6 Å². The highest BCUT2D eigenvalue weighted by Crippen LogP contribution is 2.37. The van der Waals surface area contributed by atoms with Crippen molar-refractivity contribution < 1.29 is 9.53 Å². The molecule has 0 radical (unpaired) electrons. The molecule has 1 aromatic carbocycles. The summed E-state index contributed by atoms with van der Waals surface area (Å²) in [5.74, 6) is 2.54. The number of nitrogens with zero attached hydrogens (tertiary/aromatic N) is 3. The molecule has 3 rings (SSSR count). The Bertz CT molecular complexity index is 873. The zero-order valence-electron chi connectivity index (χ0n) is 17.7. The summed E-state index contributed by atoms with van der Waals surface area (Å²) in [5, 5.41) is 8.72. The number of carbonyl (C=O) groups excluding carboxylic acids is 1. The van der Waals surface area contributed by atoms with Crippen molar-refractivity contribution >= 4 is 23.5 Å². The number of allylic oxidation sites excluding steroid dienone is 2. The molecule has 1 atom stereocenters. The van der Waals surface area contributed by atoms with E-state index in [1.54, 1.807) is 18.7 Å². The van der Waals surface area contributed by atoms with E-state index in [1.165, 1.54) is 0 Å². The van der Waals surface area contributed by atoms with Crippen LogP contribution in [-0.4, -0.2) is 32.9 Å². The number of unbranched alkanes of at least 4 members (excludes halogenated alkanes) is 2. The second-order valence-corrected chi connectivity index (χ2v) is 8.32. The first kappa shape index (κ1) is 21.4. The average Bonchev–Trinajstić information content (AvgIpc) is 3.10. The van der Waals surface area contributed by atoms with Crippen LogP contribution in [0.1, 0.15) is 65.0 Å². The predicted octanol–water partition coefficient (Wildman–Crippen LogP) is 5.23. The summed E-state index contributed by atoms with van der Waals surface area (Å²) in [7, 11) is 0. The van der Waals surface area contributed by atoms with Gasteiger partial charge in [-0.05, 0) is 44.4 Å². The molecule has 0 aliphatic carbocycles. The standard InChI is InChI=1S/C22H30N4O2S/c1-5-7-13-28-18-11-9-17(10-12-18)20-19(16(4)27)15(3)23-21-24-22(25-26(20)21)29-14-8-6-2/h9-12,20H,5-8,13-14H2,1-4H3,(H,23,24,25). The molecule has 7 heteroatoms.